The van der Waals surface area contributed by atoms with Gasteiger partial charge in [0.1, 0.15) is 0 Å². The molecule has 1 heterocycles. The highest BCUT2D eigenvalue weighted by Gasteiger charge is 2.22. The van der Waals surface area contributed by atoms with Crippen LogP contribution < -0.4 is 5.32 Å². The van der Waals surface area contributed by atoms with E-state index < -0.39 is 0 Å². The van der Waals surface area contributed by atoms with Gasteiger partial charge in [0.2, 0.25) is 5.91 Å². The van der Waals surface area contributed by atoms with E-state index in [1.165, 1.54) is 5.56 Å². The minimum Gasteiger partial charge on any atom is -0.355 e. The molecule has 2 nitrogen and oxygen atoms in total. The summed E-state index contributed by atoms with van der Waals surface area (Å²) in [7, 11) is 0. The van der Waals surface area contributed by atoms with Crippen LogP contribution in [-0.4, -0.2) is 12.5 Å². The van der Waals surface area contributed by atoms with Gasteiger partial charge in [-0.2, -0.15) is 0 Å². The third kappa shape index (κ3) is 2.59. The second-order valence-electron chi connectivity index (χ2n) is 3.12. The van der Waals surface area contributed by atoms with Crippen molar-refractivity contribution in [1.29, 1.82) is 0 Å². The summed E-state index contributed by atoms with van der Waals surface area (Å²) in [5.74, 6) is 0.558. The molecule has 76 valence electrons. The van der Waals surface area contributed by atoms with Gasteiger partial charge in [0.25, 0.3) is 0 Å². The van der Waals surface area contributed by atoms with Crippen molar-refractivity contribution >= 4 is 5.91 Å². The summed E-state index contributed by atoms with van der Waals surface area (Å²) in [6.45, 7) is 4.79. The molecule has 1 saturated heterocycles. The molecule has 0 spiro atoms. The Balaban J connectivity index is 0.000000461. The van der Waals surface area contributed by atoms with Crippen LogP contribution in [0.2, 0.25) is 0 Å². The summed E-state index contributed by atoms with van der Waals surface area (Å²) in [6, 6.07) is 10.2. The summed E-state index contributed by atoms with van der Waals surface area (Å²) in [5.41, 5.74) is 1.26. The van der Waals surface area contributed by atoms with Crippen molar-refractivity contribution in [3.8, 4) is 0 Å². The van der Waals surface area contributed by atoms with E-state index in [9.17, 15) is 4.79 Å². The Bertz CT molecular complexity index is 282. The van der Waals surface area contributed by atoms with Gasteiger partial charge in [-0.1, -0.05) is 44.2 Å². The molecule has 2 heteroatoms. The lowest BCUT2D eigenvalue weighted by atomic mass is 9.99. The minimum absolute atomic E-state index is 0.170. The third-order valence-electron chi connectivity index (χ3n) is 2.25. The van der Waals surface area contributed by atoms with E-state index in [2.05, 4.69) is 17.4 Å². The molecular weight excluding hydrogens is 174 g/mol. The summed E-state index contributed by atoms with van der Waals surface area (Å²) in [5, 5.41) is 2.83. The molecule has 14 heavy (non-hydrogen) atoms. The zero-order chi connectivity index (χ0) is 10.4. The number of rotatable bonds is 1. The summed E-state index contributed by atoms with van der Waals surface area (Å²) < 4.78 is 0. The first-order chi connectivity index (χ1) is 6.86. The second-order valence-corrected chi connectivity index (χ2v) is 3.12. The van der Waals surface area contributed by atoms with Gasteiger partial charge in [-0.25, -0.2) is 0 Å². The lowest BCUT2D eigenvalue weighted by Crippen LogP contribution is -2.13. The molecule has 1 aliphatic heterocycles. The monoisotopic (exact) mass is 191 g/mol. The molecule has 0 unspecified atom stereocenters. The lowest BCUT2D eigenvalue weighted by Gasteiger charge is -2.05. The Kier molecular flexibility index (Phi) is 4.17. The molecule has 1 aromatic carbocycles. The van der Waals surface area contributed by atoms with Gasteiger partial charge in [0.15, 0.2) is 0 Å². The van der Waals surface area contributed by atoms with Crippen molar-refractivity contribution < 1.29 is 4.79 Å². The molecule has 1 fully saturated rings. The highest BCUT2D eigenvalue weighted by atomic mass is 16.1. The van der Waals surface area contributed by atoms with Crippen molar-refractivity contribution in [1.82, 2.24) is 5.32 Å². The average Bonchev–Trinajstić information content (AvgIpc) is 2.69. The maximum atomic E-state index is 10.9. The van der Waals surface area contributed by atoms with Crippen LogP contribution in [0.25, 0.3) is 0 Å². The van der Waals surface area contributed by atoms with Gasteiger partial charge in [-0.3, -0.25) is 4.79 Å². The fourth-order valence-corrected chi connectivity index (χ4v) is 1.57. The fourth-order valence-electron chi connectivity index (χ4n) is 1.57. The quantitative estimate of drug-likeness (QED) is 0.725. The predicted molar refractivity (Wildman–Crippen MR) is 58.2 cm³/mol. The van der Waals surface area contributed by atoms with Crippen molar-refractivity contribution in [2.45, 2.75) is 26.2 Å². The van der Waals surface area contributed by atoms with Crippen LogP contribution in [0.15, 0.2) is 30.3 Å². The number of hydrogen-bond acceptors (Lipinski definition) is 1. The van der Waals surface area contributed by atoms with Gasteiger partial charge < -0.3 is 5.32 Å². The Morgan fingerprint density at radius 2 is 1.86 bits per heavy atom. The first kappa shape index (κ1) is 10.8. The smallest absolute Gasteiger partial charge is 0.220 e. The molecule has 0 saturated carbocycles. The zero-order valence-electron chi connectivity index (χ0n) is 8.79. The Morgan fingerprint density at radius 1 is 1.21 bits per heavy atom. The number of benzene rings is 1. The standard InChI is InChI=1S/C10H11NO.C2H6/c12-10-6-9(7-11-10)8-4-2-1-3-5-8;1-2/h1-5,9H,6-7H2,(H,11,12);1-2H3/t9-;/m0./s1. The third-order valence-corrected chi connectivity index (χ3v) is 2.25. The van der Waals surface area contributed by atoms with Crippen LogP contribution in [0.5, 0.6) is 0 Å². The number of nitrogens with one attached hydrogen (secondary N) is 1. The molecule has 1 N–H and O–H groups in total. The number of carbonyl (C=O) groups is 1. The van der Waals surface area contributed by atoms with Gasteiger partial charge in [0.05, 0.1) is 0 Å². The van der Waals surface area contributed by atoms with Gasteiger partial charge in [0, 0.05) is 18.9 Å². The average molecular weight is 191 g/mol. The van der Waals surface area contributed by atoms with E-state index in [0.717, 1.165) is 6.54 Å². The zero-order valence-corrected chi connectivity index (χ0v) is 8.79. The van der Waals surface area contributed by atoms with Crippen LogP contribution in [0, 0.1) is 0 Å². The molecule has 2 rings (SSSR count). The number of hydrogen-bond donors (Lipinski definition) is 1. The topological polar surface area (TPSA) is 29.1 Å². The number of carbonyl (C=O) groups excluding carboxylic acids is 1. The molecule has 0 aromatic heterocycles. The van der Waals surface area contributed by atoms with Gasteiger partial charge in [-0.05, 0) is 5.56 Å². The molecular formula is C12H17NO. The van der Waals surface area contributed by atoms with Crippen LogP contribution in [0.1, 0.15) is 31.7 Å². The highest BCUT2D eigenvalue weighted by Crippen LogP contribution is 2.21. The van der Waals surface area contributed by atoms with Gasteiger partial charge in [-0.15, -0.1) is 0 Å². The lowest BCUT2D eigenvalue weighted by molar-refractivity contribution is -0.119. The summed E-state index contributed by atoms with van der Waals surface area (Å²) >= 11 is 0. The minimum atomic E-state index is 0.170. The second kappa shape index (κ2) is 5.43. The fraction of sp³-hybridized carbons (Fsp3) is 0.417. The van der Waals surface area contributed by atoms with E-state index in [4.69, 9.17) is 0 Å². The van der Waals surface area contributed by atoms with E-state index >= 15 is 0 Å². The largest absolute Gasteiger partial charge is 0.355 e. The van der Waals surface area contributed by atoms with E-state index in [1.54, 1.807) is 0 Å². The van der Waals surface area contributed by atoms with Crippen molar-refractivity contribution in [3.63, 3.8) is 0 Å². The highest BCUT2D eigenvalue weighted by molar-refractivity contribution is 5.79. The first-order valence-electron chi connectivity index (χ1n) is 5.18. The van der Waals surface area contributed by atoms with Crippen molar-refractivity contribution in [3.05, 3.63) is 35.9 Å². The normalized spacial score (nSPS) is 19.6. The van der Waals surface area contributed by atoms with Crippen LogP contribution in [0.4, 0.5) is 0 Å². The molecule has 1 aliphatic rings. The van der Waals surface area contributed by atoms with Crippen molar-refractivity contribution in [2.75, 3.05) is 6.54 Å². The molecule has 0 radical (unpaired) electrons. The maximum Gasteiger partial charge on any atom is 0.220 e. The van der Waals surface area contributed by atoms with Crippen molar-refractivity contribution in [2.24, 2.45) is 0 Å². The first-order valence-corrected chi connectivity index (χ1v) is 5.18. The van der Waals surface area contributed by atoms with Gasteiger partial charge >= 0.3 is 0 Å². The van der Waals surface area contributed by atoms with E-state index in [-0.39, 0.29) is 5.91 Å². The Labute approximate surface area is 85.3 Å². The molecule has 0 aliphatic carbocycles. The van der Waals surface area contributed by atoms with Crippen LogP contribution in [-0.2, 0) is 4.79 Å². The summed E-state index contributed by atoms with van der Waals surface area (Å²) in [6.07, 6.45) is 0.643. The summed E-state index contributed by atoms with van der Waals surface area (Å²) in [4.78, 5) is 10.9. The SMILES string of the molecule is CC.O=C1C[C@H](c2ccccc2)CN1. The molecule has 0 bridgehead atoms. The Hall–Kier alpha value is -1.31. The Morgan fingerprint density at radius 3 is 2.36 bits per heavy atom. The maximum absolute atomic E-state index is 10.9. The molecule has 1 aromatic rings. The molecule has 1 atom stereocenters. The van der Waals surface area contributed by atoms with E-state index in [0.29, 0.717) is 12.3 Å². The van der Waals surface area contributed by atoms with E-state index in [1.807, 2.05) is 32.0 Å². The molecule has 1 amide bonds. The van der Waals surface area contributed by atoms with Crippen LogP contribution >= 0.6 is 0 Å². The van der Waals surface area contributed by atoms with Crippen LogP contribution in [0.3, 0.4) is 0 Å². The number of amides is 1. The predicted octanol–water partition coefficient (Wildman–Crippen LogP) is 2.32.